The van der Waals surface area contributed by atoms with Crippen LogP contribution >= 0.6 is 0 Å². The van der Waals surface area contributed by atoms with E-state index in [0.29, 0.717) is 23.6 Å². The Hall–Kier alpha value is -2.69. The number of nitrogens with one attached hydrogen (secondary N) is 1. The van der Waals surface area contributed by atoms with Crippen molar-refractivity contribution in [3.8, 4) is 11.5 Å². The van der Waals surface area contributed by atoms with Gasteiger partial charge in [0.25, 0.3) is 5.91 Å². The smallest absolute Gasteiger partial charge is 0.254 e. The Bertz CT molecular complexity index is 641. The van der Waals surface area contributed by atoms with E-state index in [9.17, 15) is 4.79 Å². The molecule has 0 unspecified atom stereocenters. The molecule has 0 spiro atoms. The lowest BCUT2D eigenvalue weighted by molar-refractivity contribution is 0.0958. The number of anilines is 1. The second-order valence-electron chi connectivity index (χ2n) is 4.47. The first-order chi connectivity index (χ1) is 10.1. The molecule has 0 aliphatic carbocycles. The van der Waals surface area contributed by atoms with Crippen LogP contribution in [0.2, 0.25) is 0 Å². The third-order valence-electron chi connectivity index (χ3n) is 3.01. The number of amides is 1. The third-order valence-corrected chi connectivity index (χ3v) is 3.01. The average molecular weight is 286 g/mol. The van der Waals surface area contributed by atoms with Crippen molar-refractivity contribution in [2.24, 2.45) is 0 Å². The molecule has 3 N–H and O–H groups in total. The minimum absolute atomic E-state index is 0.212. The normalized spacial score (nSPS) is 10.0. The number of hydrogen-bond acceptors (Lipinski definition) is 4. The number of carbonyl (C=O) groups excluding carboxylic acids is 1. The molecule has 0 saturated heterocycles. The topological polar surface area (TPSA) is 73.6 Å². The molecule has 1 amide bonds. The molecule has 0 saturated carbocycles. The zero-order valence-electron chi connectivity index (χ0n) is 12.1. The van der Waals surface area contributed by atoms with Crippen LogP contribution in [0.4, 0.5) is 5.69 Å². The fourth-order valence-electron chi connectivity index (χ4n) is 1.90. The van der Waals surface area contributed by atoms with E-state index in [-0.39, 0.29) is 5.91 Å². The largest absolute Gasteiger partial charge is 0.497 e. The van der Waals surface area contributed by atoms with E-state index < -0.39 is 0 Å². The van der Waals surface area contributed by atoms with Crippen LogP contribution in [0.15, 0.2) is 42.5 Å². The van der Waals surface area contributed by atoms with Crippen molar-refractivity contribution in [2.75, 3.05) is 19.9 Å². The fourth-order valence-corrected chi connectivity index (χ4v) is 1.90. The number of nitrogen functional groups attached to an aromatic ring is 1. The van der Waals surface area contributed by atoms with Gasteiger partial charge in [0.15, 0.2) is 0 Å². The second kappa shape index (κ2) is 6.65. The summed E-state index contributed by atoms with van der Waals surface area (Å²) < 4.78 is 10.9. The number of nitrogens with two attached hydrogens (primary N) is 1. The molecule has 0 fully saturated rings. The van der Waals surface area contributed by atoms with Crippen LogP contribution in [0.3, 0.4) is 0 Å². The Labute approximate surface area is 123 Å². The van der Waals surface area contributed by atoms with Gasteiger partial charge in [-0.25, -0.2) is 0 Å². The second-order valence-corrected chi connectivity index (χ2v) is 4.47. The first kappa shape index (κ1) is 14.7. The lowest BCUT2D eigenvalue weighted by atomic mass is 10.1. The number of carbonyl (C=O) groups is 1. The van der Waals surface area contributed by atoms with Crippen molar-refractivity contribution >= 4 is 11.6 Å². The van der Waals surface area contributed by atoms with E-state index in [0.717, 1.165) is 11.3 Å². The molecule has 0 heterocycles. The van der Waals surface area contributed by atoms with Gasteiger partial charge in [0.2, 0.25) is 0 Å². The molecule has 0 radical (unpaired) electrons. The zero-order chi connectivity index (χ0) is 15.2. The molecular formula is C16H18N2O3. The SMILES string of the molecule is CNC(=O)c1ccc(N)cc1OCc1cccc(OC)c1. The van der Waals surface area contributed by atoms with Crippen molar-refractivity contribution in [1.29, 1.82) is 0 Å². The Balaban J connectivity index is 2.18. The quantitative estimate of drug-likeness (QED) is 0.827. The lowest BCUT2D eigenvalue weighted by Gasteiger charge is -2.12. The van der Waals surface area contributed by atoms with Crippen molar-refractivity contribution in [3.63, 3.8) is 0 Å². The Morgan fingerprint density at radius 2 is 2.05 bits per heavy atom. The lowest BCUT2D eigenvalue weighted by Crippen LogP contribution is -2.19. The summed E-state index contributed by atoms with van der Waals surface area (Å²) in [5.41, 5.74) is 7.69. The van der Waals surface area contributed by atoms with E-state index in [1.165, 1.54) is 0 Å². The van der Waals surface area contributed by atoms with Crippen LogP contribution in [0.1, 0.15) is 15.9 Å². The number of methoxy groups -OCH3 is 1. The summed E-state index contributed by atoms with van der Waals surface area (Å²) in [7, 11) is 3.19. The predicted molar refractivity (Wildman–Crippen MR) is 81.6 cm³/mol. The van der Waals surface area contributed by atoms with E-state index >= 15 is 0 Å². The highest BCUT2D eigenvalue weighted by atomic mass is 16.5. The van der Waals surface area contributed by atoms with Gasteiger partial charge in [-0.3, -0.25) is 4.79 Å². The Morgan fingerprint density at radius 3 is 2.76 bits per heavy atom. The monoisotopic (exact) mass is 286 g/mol. The summed E-state index contributed by atoms with van der Waals surface area (Å²) in [5, 5.41) is 2.58. The molecule has 0 bridgehead atoms. The molecule has 0 aliphatic rings. The molecule has 5 nitrogen and oxygen atoms in total. The summed E-state index contributed by atoms with van der Waals surface area (Å²) >= 11 is 0. The van der Waals surface area contributed by atoms with Gasteiger partial charge < -0.3 is 20.5 Å². The maximum Gasteiger partial charge on any atom is 0.254 e. The van der Waals surface area contributed by atoms with Gasteiger partial charge in [-0.15, -0.1) is 0 Å². The predicted octanol–water partition coefficient (Wildman–Crippen LogP) is 2.22. The van der Waals surface area contributed by atoms with Crippen LogP contribution in [-0.4, -0.2) is 20.1 Å². The molecule has 5 heteroatoms. The van der Waals surface area contributed by atoms with Gasteiger partial charge in [0, 0.05) is 18.8 Å². The molecular weight excluding hydrogens is 268 g/mol. The highest BCUT2D eigenvalue weighted by Gasteiger charge is 2.11. The highest BCUT2D eigenvalue weighted by molar-refractivity contribution is 5.97. The molecule has 2 rings (SSSR count). The number of ether oxygens (including phenoxy) is 2. The number of rotatable bonds is 5. The minimum Gasteiger partial charge on any atom is -0.497 e. The van der Waals surface area contributed by atoms with Gasteiger partial charge in [-0.05, 0) is 29.8 Å². The minimum atomic E-state index is -0.212. The summed E-state index contributed by atoms with van der Waals surface area (Å²) in [5.74, 6) is 1.00. The van der Waals surface area contributed by atoms with E-state index in [1.807, 2.05) is 24.3 Å². The van der Waals surface area contributed by atoms with Gasteiger partial charge in [0.05, 0.1) is 12.7 Å². The van der Waals surface area contributed by atoms with Crippen LogP contribution in [0, 0.1) is 0 Å². The fraction of sp³-hybridized carbons (Fsp3) is 0.188. The maximum absolute atomic E-state index is 11.8. The van der Waals surface area contributed by atoms with Crippen LogP contribution < -0.4 is 20.5 Å². The number of hydrogen-bond donors (Lipinski definition) is 2. The van der Waals surface area contributed by atoms with Gasteiger partial charge in [-0.1, -0.05) is 12.1 Å². The average Bonchev–Trinajstić information content (AvgIpc) is 2.52. The third kappa shape index (κ3) is 3.66. The summed E-state index contributed by atoms with van der Waals surface area (Å²) in [6.07, 6.45) is 0. The molecule has 21 heavy (non-hydrogen) atoms. The Kier molecular flexibility index (Phi) is 4.66. The molecule has 0 aliphatic heterocycles. The van der Waals surface area contributed by atoms with Crippen molar-refractivity contribution in [3.05, 3.63) is 53.6 Å². The summed E-state index contributed by atoms with van der Waals surface area (Å²) in [6, 6.07) is 12.5. The molecule has 2 aromatic carbocycles. The van der Waals surface area contributed by atoms with Crippen LogP contribution in [-0.2, 0) is 6.61 Å². The molecule has 2 aromatic rings. The van der Waals surface area contributed by atoms with Crippen molar-refractivity contribution < 1.29 is 14.3 Å². The van der Waals surface area contributed by atoms with E-state index in [4.69, 9.17) is 15.2 Å². The standard InChI is InChI=1S/C16H18N2O3/c1-18-16(19)14-7-6-12(17)9-15(14)21-10-11-4-3-5-13(8-11)20-2/h3-9H,10,17H2,1-2H3,(H,18,19). The number of benzene rings is 2. The first-order valence-corrected chi connectivity index (χ1v) is 6.51. The van der Waals surface area contributed by atoms with E-state index in [1.54, 1.807) is 32.4 Å². The molecule has 110 valence electrons. The Morgan fingerprint density at radius 1 is 1.24 bits per heavy atom. The first-order valence-electron chi connectivity index (χ1n) is 6.51. The van der Waals surface area contributed by atoms with Crippen molar-refractivity contribution in [1.82, 2.24) is 5.32 Å². The summed E-state index contributed by atoms with van der Waals surface area (Å²) in [6.45, 7) is 0.324. The summed E-state index contributed by atoms with van der Waals surface area (Å²) in [4.78, 5) is 11.8. The van der Waals surface area contributed by atoms with E-state index in [2.05, 4.69) is 5.32 Å². The molecule has 0 aromatic heterocycles. The zero-order valence-corrected chi connectivity index (χ0v) is 12.1. The highest BCUT2D eigenvalue weighted by Crippen LogP contribution is 2.23. The molecule has 0 atom stereocenters. The van der Waals surface area contributed by atoms with Crippen molar-refractivity contribution in [2.45, 2.75) is 6.61 Å². The van der Waals surface area contributed by atoms with Crippen LogP contribution in [0.25, 0.3) is 0 Å². The maximum atomic E-state index is 11.8. The van der Waals surface area contributed by atoms with Gasteiger partial charge in [-0.2, -0.15) is 0 Å². The van der Waals surface area contributed by atoms with Crippen LogP contribution in [0.5, 0.6) is 11.5 Å². The van der Waals surface area contributed by atoms with Gasteiger partial charge >= 0.3 is 0 Å². The van der Waals surface area contributed by atoms with Gasteiger partial charge in [0.1, 0.15) is 18.1 Å².